The van der Waals surface area contributed by atoms with Crippen LogP contribution in [0.15, 0.2) is 42.5 Å². The lowest BCUT2D eigenvalue weighted by Crippen LogP contribution is -2.16. The zero-order valence-corrected chi connectivity index (χ0v) is 11.2. The summed E-state index contributed by atoms with van der Waals surface area (Å²) in [5.41, 5.74) is 5.53. The van der Waals surface area contributed by atoms with Crippen LogP contribution < -0.4 is 10.1 Å². The second-order valence-corrected chi connectivity index (χ2v) is 5.73. The van der Waals surface area contributed by atoms with Crippen molar-refractivity contribution < 1.29 is 0 Å². The van der Waals surface area contributed by atoms with E-state index in [9.17, 15) is 0 Å². The molecule has 0 unspecified atom stereocenters. The van der Waals surface area contributed by atoms with E-state index < -0.39 is 0 Å². The van der Waals surface area contributed by atoms with Gasteiger partial charge in [0, 0.05) is 17.5 Å². The summed E-state index contributed by atoms with van der Waals surface area (Å²) in [6.07, 6.45) is 1.13. The molecule has 0 saturated carbocycles. The van der Waals surface area contributed by atoms with E-state index in [0.29, 0.717) is 0 Å². The summed E-state index contributed by atoms with van der Waals surface area (Å²) in [6.45, 7) is 4.40. The molecule has 1 aliphatic heterocycles. The predicted octanol–water partition coefficient (Wildman–Crippen LogP) is 2.74. The van der Waals surface area contributed by atoms with E-state index in [-0.39, 0.29) is 0 Å². The van der Waals surface area contributed by atoms with Crippen LogP contribution in [0.25, 0.3) is 0 Å². The largest absolute Gasteiger partial charge is 0.344 e. The molecule has 0 atom stereocenters. The highest BCUT2D eigenvalue weighted by atomic mass is 28.2. The number of nitrogens with zero attached hydrogens (tertiary/aromatic N) is 1. The van der Waals surface area contributed by atoms with E-state index in [1.807, 2.05) is 0 Å². The van der Waals surface area contributed by atoms with Gasteiger partial charge in [0.05, 0.1) is 0 Å². The summed E-state index contributed by atoms with van der Waals surface area (Å²) in [7, 11) is 0.904. The highest BCUT2D eigenvalue weighted by Gasteiger charge is 2.23. The van der Waals surface area contributed by atoms with E-state index in [1.54, 1.807) is 0 Å². The van der Waals surface area contributed by atoms with Crippen molar-refractivity contribution in [1.82, 2.24) is 0 Å². The van der Waals surface area contributed by atoms with Crippen molar-refractivity contribution in [2.45, 2.75) is 13.8 Å². The molecule has 2 aromatic rings. The highest BCUT2D eigenvalue weighted by Crippen LogP contribution is 2.31. The SMILES string of the molecule is Cc1ccccc1N1C[Si]c2cccc(C)c21. The molecule has 0 aliphatic carbocycles. The monoisotopic (exact) mass is 237 g/mol. The van der Waals surface area contributed by atoms with Crippen molar-refractivity contribution in [2.75, 3.05) is 11.1 Å². The van der Waals surface area contributed by atoms with Gasteiger partial charge in [-0.1, -0.05) is 36.4 Å². The fourth-order valence-electron chi connectivity index (χ4n) is 2.48. The second-order valence-electron chi connectivity index (χ2n) is 4.52. The maximum atomic E-state index is 2.47. The lowest BCUT2D eigenvalue weighted by atomic mass is 10.1. The minimum absolute atomic E-state index is 0.904. The smallest absolute Gasteiger partial charge is 0.109 e. The lowest BCUT2D eigenvalue weighted by Gasteiger charge is -2.23. The first kappa shape index (κ1) is 10.6. The molecule has 0 N–H and O–H groups in total. The summed E-state index contributed by atoms with van der Waals surface area (Å²) in [5.74, 6) is 0. The first-order chi connectivity index (χ1) is 8.27. The molecule has 0 saturated heterocycles. The number of anilines is 2. The normalized spacial score (nSPS) is 13.9. The van der Waals surface area contributed by atoms with Gasteiger partial charge in [-0.2, -0.15) is 0 Å². The van der Waals surface area contributed by atoms with Crippen molar-refractivity contribution in [3.63, 3.8) is 0 Å². The Balaban J connectivity index is 2.13. The highest BCUT2D eigenvalue weighted by molar-refractivity contribution is 6.59. The number of rotatable bonds is 1. The van der Waals surface area contributed by atoms with Gasteiger partial charge in [0.15, 0.2) is 0 Å². The molecule has 0 aromatic heterocycles. The number of hydrogen-bond acceptors (Lipinski definition) is 1. The molecule has 2 radical (unpaired) electrons. The summed E-state index contributed by atoms with van der Waals surface area (Å²) in [5, 5.41) is 1.51. The topological polar surface area (TPSA) is 3.24 Å². The third kappa shape index (κ3) is 1.69. The van der Waals surface area contributed by atoms with Crippen molar-refractivity contribution in [1.29, 1.82) is 0 Å². The molecule has 2 heteroatoms. The van der Waals surface area contributed by atoms with E-state index in [0.717, 1.165) is 15.7 Å². The summed E-state index contributed by atoms with van der Waals surface area (Å²) in [4.78, 5) is 2.47. The van der Waals surface area contributed by atoms with Gasteiger partial charge in [-0.25, -0.2) is 0 Å². The van der Waals surface area contributed by atoms with Crippen LogP contribution in [0, 0.1) is 13.8 Å². The Kier molecular flexibility index (Phi) is 2.52. The van der Waals surface area contributed by atoms with Crippen LogP contribution in [0.4, 0.5) is 11.4 Å². The summed E-state index contributed by atoms with van der Waals surface area (Å²) < 4.78 is 0. The Hall–Kier alpha value is -1.54. The van der Waals surface area contributed by atoms with Crippen LogP contribution in [0.2, 0.25) is 0 Å². The first-order valence-electron chi connectivity index (χ1n) is 5.94. The van der Waals surface area contributed by atoms with Crippen molar-refractivity contribution in [3.05, 3.63) is 53.6 Å². The Morgan fingerprint density at radius 1 is 0.941 bits per heavy atom. The summed E-state index contributed by atoms with van der Waals surface area (Å²) in [6, 6.07) is 15.3. The van der Waals surface area contributed by atoms with Gasteiger partial charge < -0.3 is 4.90 Å². The third-order valence-electron chi connectivity index (χ3n) is 3.34. The van der Waals surface area contributed by atoms with Gasteiger partial charge in [-0.3, -0.25) is 0 Å². The van der Waals surface area contributed by atoms with Gasteiger partial charge in [0.1, 0.15) is 9.52 Å². The number of para-hydroxylation sites is 2. The average molecular weight is 237 g/mol. The third-order valence-corrected chi connectivity index (χ3v) is 4.60. The molecular weight excluding hydrogens is 222 g/mol. The van der Waals surface area contributed by atoms with Crippen LogP contribution in [0.5, 0.6) is 0 Å². The van der Waals surface area contributed by atoms with Gasteiger partial charge >= 0.3 is 0 Å². The quantitative estimate of drug-likeness (QED) is 0.689. The van der Waals surface area contributed by atoms with Crippen LogP contribution in [-0.2, 0) is 0 Å². The number of aryl methyl sites for hydroxylation is 2. The Morgan fingerprint density at radius 2 is 1.71 bits per heavy atom. The first-order valence-corrected chi connectivity index (χ1v) is 7.15. The lowest BCUT2D eigenvalue weighted by molar-refractivity contribution is 1.15. The Labute approximate surface area is 105 Å². The molecule has 84 valence electrons. The van der Waals surface area contributed by atoms with Gasteiger partial charge in [-0.05, 0) is 36.2 Å². The molecule has 0 bridgehead atoms. The van der Waals surface area contributed by atoms with E-state index in [4.69, 9.17) is 0 Å². The fraction of sp³-hybridized carbons (Fsp3) is 0.200. The summed E-state index contributed by atoms with van der Waals surface area (Å²) >= 11 is 0. The Bertz CT molecular complexity index is 563. The van der Waals surface area contributed by atoms with E-state index in [2.05, 4.69) is 61.2 Å². The van der Waals surface area contributed by atoms with Crippen molar-refractivity contribution in [3.8, 4) is 0 Å². The number of hydrogen-bond donors (Lipinski definition) is 0. The molecule has 0 spiro atoms. The number of fused-ring (bicyclic) bond motifs is 1. The standard InChI is InChI=1S/C15H15NSi/c1-11-6-3-4-8-13(11)16-10-17-14-9-5-7-12(2)15(14)16/h3-9H,10H2,1-2H3. The minimum atomic E-state index is 0.904. The molecule has 3 rings (SSSR count). The van der Waals surface area contributed by atoms with Crippen LogP contribution >= 0.6 is 0 Å². The Morgan fingerprint density at radius 3 is 2.53 bits per heavy atom. The van der Waals surface area contributed by atoms with Crippen LogP contribution in [0.1, 0.15) is 11.1 Å². The van der Waals surface area contributed by atoms with Crippen molar-refractivity contribution in [2.24, 2.45) is 0 Å². The molecule has 1 aliphatic rings. The fourth-order valence-corrected chi connectivity index (χ4v) is 3.85. The van der Waals surface area contributed by atoms with Crippen LogP contribution in [0.3, 0.4) is 0 Å². The minimum Gasteiger partial charge on any atom is -0.344 e. The maximum absolute atomic E-state index is 2.47. The molecular formula is C15H15NSi. The van der Waals surface area contributed by atoms with Gasteiger partial charge in [-0.15, -0.1) is 0 Å². The molecule has 17 heavy (non-hydrogen) atoms. The zero-order chi connectivity index (χ0) is 11.8. The van der Waals surface area contributed by atoms with Crippen molar-refractivity contribution >= 4 is 26.1 Å². The molecule has 0 fully saturated rings. The number of benzene rings is 2. The molecule has 1 nitrogen and oxygen atoms in total. The molecule has 1 heterocycles. The predicted molar refractivity (Wildman–Crippen MR) is 74.8 cm³/mol. The second kappa shape index (κ2) is 4.04. The van der Waals surface area contributed by atoms with Gasteiger partial charge in [0.2, 0.25) is 0 Å². The zero-order valence-electron chi connectivity index (χ0n) is 10.2. The molecule has 0 amide bonds. The average Bonchev–Trinajstić information content (AvgIpc) is 2.75. The van der Waals surface area contributed by atoms with Crippen LogP contribution in [-0.4, -0.2) is 15.7 Å². The van der Waals surface area contributed by atoms with Gasteiger partial charge in [0.25, 0.3) is 0 Å². The maximum Gasteiger partial charge on any atom is 0.109 e. The van der Waals surface area contributed by atoms with E-state index in [1.165, 1.54) is 27.7 Å². The van der Waals surface area contributed by atoms with E-state index >= 15 is 0 Å². The molecule has 2 aromatic carbocycles.